The molecule has 1 atom stereocenters. The summed E-state index contributed by atoms with van der Waals surface area (Å²) < 4.78 is 27.0. The molecule has 1 saturated heterocycles. The van der Waals surface area contributed by atoms with E-state index in [9.17, 15) is 18.4 Å². The summed E-state index contributed by atoms with van der Waals surface area (Å²) in [6, 6.07) is -0.846. The van der Waals surface area contributed by atoms with Crippen LogP contribution in [0.3, 0.4) is 0 Å². The van der Waals surface area contributed by atoms with Crippen LogP contribution in [0.1, 0.15) is 68.4 Å². The van der Waals surface area contributed by atoms with Crippen molar-refractivity contribution in [2.75, 3.05) is 13.1 Å². The van der Waals surface area contributed by atoms with Gasteiger partial charge in [-0.15, -0.1) is 0 Å². The highest BCUT2D eigenvalue weighted by Gasteiger charge is 2.41. The first kappa shape index (κ1) is 20.7. The SMILES string of the molecule is CC(C)(C)[C@@H](NC(=O)c1c[nH]c2ncc(C3CC3)nc12)C(=O)N1CCC(F)(F)CC1. The maximum atomic E-state index is 13.5. The monoisotopic (exact) mass is 419 g/mol. The van der Waals surface area contributed by atoms with Gasteiger partial charge in [-0.2, -0.15) is 0 Å². The lowest BCUT2D eigenvalue weighted by Gasteiger charge is -2.38. The van der Waals surface area contributed by atoms with Crippen molar-refractivity contribution in [2.45, 2.75) is 64.3 Å². The standard InChI is InChI=1S/C21H27F2N5O2/c1-20(2,3)16(19(30)28-8-6-21(22,23)7-9-28)27-18(29)13-10-24-17-15(13)26-14(11-25-17)12-4-5-12/h10-12,16H,4-9H2,1-3H3,(H,24,25)(H,27,29)/t16-/m0/s1. The average Bonchev–Trinajstić information content (AvgIpc) is 3.43. The van der Waals surface area contributed by atoms with E-state index in [1.807, 2.05) is 20.8 Å². The summed E-state index contributed by atoms with van der Waals surface area (Å²) in [5.74, 6) is -3.11. The summed E-state index contributed by atoms with van der Waals surface area (Å²) in [4.78, 5) is 39.5. The van der Waals surface area contributed by atoms with Crippen LogP contribution in [-0.4, -0.2) is 56.7 Å². The first-order chi connectivity index (χ1) is 14.0. The van der Waals surface area contributed by atoms with Crippen LogP contribution < -0.4 is 5.32 Å². The number of amides is 2. The highest BCUT2D eigenvalue weighted by Crippen LogP contribution is 2.39. The van der Waals surface area contributed by atoms with Gasteiger partial charge in [0.25, 0.3) is 11.8 Å². The van der Waals surface area contributed by atoms with Crippen molar-refractivity contribution in [3.05, 3.63) is 23.7 Å². The highest BCUT2D eigenvalue weighted by molar-refractivity contribution is 6.06. The molecule has 1 saturated carbocycles. The Balaban J connectivity index is 1.55. The third-order valence-electron chi connectivity index (χ3n) is 5.83. The molecule has 2 aliphatic rings. The zero-order chi connectivity index (χ0) is 21.7. The number of aromatic amines is 1. The van der Waals surface area contributed by atoms with Gasteiger partial charge in [0.1, 0.15) is 11.6 Å². The lowest BCUT2D eigenvalue weighted by atomic mass is 9.85. The number of carbonyl (C=O) groups is 2. The Morgan fingerprint density at radius 3 is 2.53 bits per heavy atom. The Morgan fingerprint density at radius 2 is 1.93 bits per heavy atom. The van der Waals surface area contributed by atoms with Gasteiger partial charge in [0, 0.05) is 38.0 Å². The maximum absolute atomic E-state index is 13.5. The molecule has 0 unspecified atom stereocenters. The van der Waals surface area contributed by atoms with E-state index in [4.69, 9.17) is 0 Å². The summed E-state index contributed by atoms with van der Waals surface area (Å²) in [6.07, 6.45) is 4.70. The van der Waals surface area contributed by atoms with E-state index < -0.39 is 23.3 Å². The van der Waals surface area contributed by atoms with Crippen molar-refractivity contribution in [3.8, 4) is 0 Å². The number of carbonyl (C=O) groups excluding carboxylic acids is 2. The minimum absolute atomic E-state index is 0.0163. The minimum Gasteiger partial charge on any atom is -0.344 e. The molecule has 2 aromatic heterocycles. The van der Waals surface area contributed by atoms with Gasteiger partial charge in [-0.3, -0.25) is 9.59 Å². The summed E-state index contributed by atoms with van der Waals surface area (Å²) in [7, 11) is 0. The van der Waals surface area contributed by atoms with E-state index in [1.165, 1.54) is 4.90 Å². The van der Waals surface area contributed by atoms with E-state index in [1.54, 1.807) is 12.4 Å². The molecule has 4 rings (SSSR count). The molecule has 162 valence electrons. The van der Waals surface area contributed by atoms with Gasteiger partial charge in [-0.05, 0) is 18.3 Å². The van der Waals surface area contributed by atoms with Crippen molar-refractivity contribution in [2.24, 2.45) is 5.41 Å². The number of halogens is 2. The molecule has 0 spiro atoms. The molecule has 9 heteroatoms. The number of hydrogen-bond donors (Lipinski definition) is 2. The zero-order valence-corrected chi connectivity index (χ0v) is 17.5. The number of piperidine rings is 1. The maximum Gasteiger partial charge on any atom is 0.255 e. The van der Waals surface area contributed by atoms with Gasteiger partial charge in [0.15, 0.2) is 5.65 Å². The predicted molar refractivity (Wildman–Crippen MR) is 107 cm³/mol. The summed E-state index contributed by atoms with van der Waals surface area (Å²) in [5.41, 5.74) is 1.60. The largest absolute Gasteiger partial charge is 0.344 e. The van der Waals surface area contributed by atoms with Gasteiger partial charge in [-0.25, -0.2) is 18.7 Å². The van der Waals surface area contributed by atoms with Crippen molar-refractivity contribution < 1.29 is 18.4 Å². The Kier molecular flexibility index (Phi) is 5.02. The molecule has 2 aromatic rings. The first-order valence-electron chi connectivity index (χ1n) is 10.4. The van der Waals surface area contributed by atoms with Crippen molar-refractivity contribution >= 4 is 23.0 Å². The van der Waals surface area contributed by atoms with Crippen LogP contribution in [0.4, 0.5) is 8.78 Å². The van der Waals surface area contributed by atoms with E-state index in [0.29, 0.717) is 22.6 Å². The van der Waals surface area contributed by atoms with E-state index in [-0.39, 0.29) is 31.8 Å². The topological polar surface area (TPSA) is 91.0 Å². The van der Waals surface area contributed by atoms with Crippen molar-refractivity contribution in [3.63, 3.8) is 0 Å². The van der Waals surface area contributed by atoms with Crippen molar-refractivity contribution in [1.29, 1.82) is 0 Å². The van der Waals surface area contributed by atoms with Crippen LogP contribution in [0, 0.1) is 5.41 Å². The van der Waals surface area contributed by atoms with Gasteiger partial charge < -0.3 is 15.2 Å². The molecule has 1 aliphatic heterocycles. The number of alkyl halides is 2. The Bertz CT molecular complexity index is 967. The molecule has 3 heterocycles. The molecule has 2 amide bonds. The molecule has 30 heavy (non-hydrogen) atoms. The quantitative estimate of drug-likeness (QED) is 0.796. The number of aromatic nitrogens is 3. The van der Waals surface area contributed by atoms with Crippen LogP contribution in [0.15, 0.2) is 12.4 Å². The molecule has 2 N–H and O–H groups in total. The molecule has 0 radical (unpaired) electrons. The predicted octanol–water partition coefficient (Wildman–Crippen LogP) is 3.24. The molecule has 0 aromatic carbocycles. The summed E-state index contributed by atoms with van der Waals surface area (Å²) in [6.45, 7) is 5.49. The number of nitrogens with one attached hydrogen (secondary N) is 2. The minimum atomic E-state index is -2.74. The van der Waals surface area contributed by atoms with Gasteiger partial charge in [0.2, 0.25) is 5.91 Å². The molecular weight excluding hydrogens is 392 g/mol. The second-order valence-corrected chi connectivity index (χ2v) is 9.42. The third-order valence-corrected chi connectivity index (χ3v) is 5.83. The normalized spacial score (nSPS) is 20.2. The number of hydrogen-bond acceptors (Lipinski definition) is 4. The van der Waals surface area contributed by atoms with Crippen LogP contribution in [0.25, 0.3) is 11.2 Å². The molecule has 1 aliphatic carbocycles. The second-order valence-electron chi connectivity index (χ2n) is 9.42. The van der Waals surface area contributed by atoms with Gasteiger partial charge in [-0.1, -0.05) is 20.8 Å². The molecule has 0 bridgehead atoms. The Morgan fingerprint density at radius 1 is 1.27 bits per heavy atom. The highest BCUT2D eigenvalue weighted by atomic mass is 19.3. The zero-order valence-electron chi connectivity index (χ0n) is 17.5. The fourth-order valence-corrected chi connectivity index (χ4v) is 3.75. The van der Waals surface area contributed by atoms with Crippen LogP contribution >= 0.6 is 0 Å². The van der Waals surface area contributed by atoms with Crippen molar-refractivity contribution in [1.82, 2.24) is 25.2 Å². The third kappa shape index (κ3) is 4.15. The van der Waals surface area contributed by atoms with Gasteiger partial charge >= 0.3 is 0 Å². The first-order valence-corrected chi connectivity index (χ1v) is 10.4. The Hall–Kier alpha value is -2.58. The number of likely N-dealkylation sites (tertiary alicyclic amines) is 1. The number of fused-ring (bicyclic) bond motifs is 1. The van der Waals surface area contributed by atoms with Crippen LogP contribution in [-0.2, 0) is 4.79 Å². The second kappa shape index (κ2) is 7.28. The lowest BCUT2D eigenvalue weighted by molar-refractivity contribution is -0.141. The van der Waals surface area contributed by atoms with Gasteiger partial charge in [0.05, 0.1) is 17.5 Å². The molecular formula is C21H27F2N5O2. The van der Waals surface area contributed by atoms with E-state index in [2.05, 4.69) is 20.3 Å². The summed E-state index contributed by atoms with van der Waals surface area (Å²) in [5, 5.41) is 2.83. The summed E-state index contributed by atoms with van der Waals surface area (Å²) >= 11 is 0. The number of H-pyrrole nitrogens is 1. The van der Waals surface area contributed by atoms with Crippen LogP contribution in [0.2, 0.25) is 0 Å². The molecule has 2 fully saturated rings. The van der Waals surface area contributed by atoms with E-state index in [0.717, 1.165) is 18.5 Å². The van der Waals surface area contributed by atoms with Crippen LogP contribution in [0.5, 0.6) is 0 Å². The smallest absolute Gasteiger partial charge is 0.255 e. The fourth-order valence-electron chi connectivity index (χ4n) is 3.75. The van der Waals surface area contributed by atoms with E-state index >= 15 is 0 Å². The lowest BCUT2D eigenvalue weighted by Crippen LogP contribution is -2.56. The number of nitrogens with zero attached hydrogens (tertiary/aromatic N) is 3. The fraction of sp³-hybridized carbons (Fsp3) is 0.619. The Labute approximate surface area is 173 Å². The average molecular weight is 419 g/mol. The molecule has 7 nitrogen and oxygen atoms in total. The number of rotatable bonds is 4.